The lowest BCUT2D eigenvalue weighted by atomic mass is 10.0. The first-order chi connectivity index (χ1) is 19.1. The molecule has 4 heterocycles. The second-order valence-corrected chi connectivity index (χ2v) is 10.4. The quantitative estimate of drug-likeness (QED) is 0.486. The van der Waals surface area contributed by atoms with E-state index in [-0.39, 0.29) is 34.8 Å². The molecule has 3 amide bonds. The fourth-order valence-corrected chi connectivity index (χ4v) is 4.78. The highest BCUT2D eigenvalue weighted by Gasteiger charge is 2.38. The van der Waals surface area contributed by atoms with E-state index in [0.29, 0.717) is 50.0 Å². The molecule has 1 fully saturated rings. The normalized spacial score (nSPS) is 18.4. The summed E-state index contributed by atoms with van der Waals surface area (Å²) in [6, 6.07) is 6.91. The molecule has 11 nitrogen and oxygen atoms in total. The summed E-state index contributed by atoms with van der Waals surface area (Å²) in [6.07, 6.45) is 3.07. The Morgan fingerprint density at radius 2 is 1.95 bits per heavy atom. The van der Waals surface area contributed by atoms with Crippen LogP contribution >= 0.6 is 0 Å². The van der Waals surface area contributed by atoms with Crippen LogP contribution in [-0.2, 0) is 4.74 Å². The van der Waals surface area contributed by atoms with Crippen LogP contribution in [0.5, 0.6) is 5.88 Å². The first kappa shape index (κ1) is 27.3. The van der Waals surface area contributed by atoms with Crippen LogP contribution in [0, 0.1) is 5.82 Å². The second kappa shape index (κ2) is 11.0. The number of rotatable bonds is 5. The number of hydrogen-bond acceptors (Lipinski definition) is 8. The number of ether oxygens (including phenoxy) is 2. The van der Waals surface area contributed by atoms with E-state index >= 15 is 4.39 Å². The van der Waals surface area contributed by atoms with Gasteiger partial charge in [0, 0.05) is 36.7 Å². The van der Waals surface area contributed by atoms with Gasteiger partial charge in [-0.15, -0.1) is 0 Å². The number of urea groups is 1. The lowest BCUT2D eigenvalue weighted by molar-refractivity contribution is 0.0541. The zero-order valence-electron chi connectivity index (χ0n) is 22.9. The first-order valence-electron chi connectivity index (χ1n) is 13.2. The molecule has 12 heteroatoms. The number of fused-ring (bicyclic) bond motifs is 1. The van der Waals surface area contributed by atoms with Crippen molar-refractivity contribution in [1.29, 1.82) is 0 Å². The van der Waals surface area contributed by atoms with E-state index in [4.69, 9.17) is 19.4 Å². The van der Waals surface area contributed by atoms with Crippen LogP contribution < -0.4 is 20.3 Å². The lowest BCUT2D eigenvalue weighted by Crippen LogP contribution is -2.44. The highest BCUT2D eigenvalue weighted by molar-refractivity contribution is 6.03. The van der Waals surface area contributed by atoms with Crippen LogP contribution in [0.15, 0.2) is 42.7 Å². The molecule has 210 valence electrons. The minimum Gasteiger partial charge on any atom is -0.469 e. The van der Waals surface area contributed by atoms with Crippen molar-refractivity contribution in [2.24, 2.45) is 0 Å². The number of carbonyl (C=O) groups is 2. The predicted molar refractivity (Wildman–Crippen MR) is 148 cm³/mol. The van der Waals surface area contributed by atoms with Crippen molar-refractivity contribution in [2.75, 3.05) is 48.4 Å². The van der Waals surface area contributed by atoms with E-state index in [1.807, 2.05) is 32.6 Å². The van der Waals surface area contributed by atoms with Crippen molar-refractivity contribution in [2.45, 2.75) is 39.3 Å². The standard InChI is InChI=1S/C28H32FN7O4/c1-5-35-16-28(3,4)40-24-22(25(35)37)23(33-26(34-24)36-12-13-39-15-17(36)2)18-6-7-21(20(29)14-18)32-27(38)31-19-8-10-30-11-9-19/h6-11,14,17H,5,12-13,15-16H2,1-4H3,(H2,30,31,32,38)/t17-/m0/s1. The molecule has 2 aromatic heterocycles. The summed E-state index contributed by atoms with van der Waals surface area (Å²) in [5, 5.41) is 5.14. The molecule has 0 bridgehead atoms. The van der Waals surface area contributed by atoms with Crippen LogP contribution in [0.3, 0.4) is 0 Å². The van der Waals surface area contributed by atoms with Gasteiger partial charge in [-0.05, 0) is 52.0 Å². The molecule has 0 radical (unpaired) electrons. The highest BCUT2D eigenvalue weighted by atomic mass is 19.1. The maximum Gasteiger partial charge on any atom is 0.323 e. The molecule has 3 aromatic rings. The Morgan fingerprint density at radius 3 is 2.65 bits per heavy atom. The molecule has 0 aliphatic carbocycles. The third-order valence-corrected chi connectivity index (χ3v) is 6.74. The number of hydrogen-bond donors (Lipinski definition) is 2. The number of halogens is 1. The molecule has 0 unspecified atom stereocenters. The van der Waals surface area contributed by atoms with E-state index in [2.05, 4.69) is 15.6 Å². The maximum atomic E-state index is 15.4. The van der Waals surface area contributed by atoms with E-state index in [1.165, 1.54) is 24.5 Å². The van der Waals surface area contributed by atoms with Gasteiger partial charge >= 0.3 is 6.03 Å². The number of anilines is 3. The van der Waals surface area contributed by atoms with Crippen molar-refractivity contribution in [3.05, 3.63) is 54.1 Å². The van der Waals surface area contributed by atoms with Crippen LogP contribution in [0.1, 0.15) is 38.1 Å². The number of amides is 3. The number of morpholine rings is 1. The Kier molecular flexibility index (Phi) is 7.53. The van der Waals surface area contributed by atoms with E-state index in [0.717, 1.165) is 0 Å². The summed E-state index contributed by atoms with van der Waals surface area (Å²) in [5.41, 5.74) is 0.555. The molecule has 2 aliphatic heterocycles. The van der Waals surface area contributed by atoms with Crippen LogP contribution in [-0.4, -0.2) is 76.3 Å². The fraction of sp³-hybridized carbons (Fsp3) is 0.393. The van der Waals surface area contributed by atoms with Gasteiger partial charge in [-0.25, -0.2) is 14.2 Å². The summed E-state index contributed by atoms with van der Waals surface area (Å²) in [6.45, 7) is 10.1. The van der Waals surface area contributed by atoms with Gasteiger partial charge in [0.15, 0.2) is 0 Å². The monoisotopic (exact) mass is 549 g/mol. The number of carbonyl (C=O) groups excluding carboxylic acids is 2. The minimum absolute atomic E-state index is 0.0106. The third-order valence-electron chi connectivity index (χ3n) is 6.74. The number of aromatic nitrogens is 3. The zero-order valence-corrected chi connectivity index (χ0v) is 22.9. The highest BCUT2D eigenvalue weighted by Crippen LogP contribution is 2.37. The van der Waals surface area contributed by atoms with E-state index in [9.17, 15) is 9.59 Å². The molecule has 2 N–H and O–H groups in total. The van der Waals surface area contributed by atoms with Gasteiger partial charge < -0.3 is 29.9 Å². The SMILES string of the molecule is CCN1CC(C)(C)Oc2nc(N3CCOC[C@@H]3C)nc(-c3ccc(NC(=O)Nc4ccncc4)c(F)c3)c2C1=O. The summed E-state index contributed by atoms with van der Waals surface area (Å²) in [4.78, 5) is 43.2. The minimum atomic E-state index is -0.711. The van der Waals surface area contributed by atoms with Crippen LogP contribution in [0.2, 0.25) is 0 Å². The number of pyridine rings is 1. The van der Waals surface area contributed by atoms with Gasteiger partial charge in [-0.3, -0.25) is 9.78 Å². The van der Waals surface area contributed by atoms with E-state index < -0.39 is 17.4 Å². The fourth-order valence-electron chi connectivity index (χ4n) is 4.78. The number of likely N-dealkylation sites (N-methyl/N-ethyl adjacent to an activating group) is 1. The smallest absolute Gasteiger partial charge is 0.323 e. The van der Waals surface area contributed by atoms with Gasteiger partial charge in [0.05, 0.1) is 37.2 Å². The molecule has 2 aliphatic rings. The average Bonchev–Trinajstić information content (AvgIpc) is 3.02. The van der Waals surface area contributed by atoms with Crippen molar-refractivity contribution in [3.8, 4) is 17.1 Å². The molecule has 1 saturated heterocycles. The summed E-state index contributed by atoms with van der Waals surface area (Å²) < 4.78 is 27.3. The Morgan fingerprint density at radius 1 is 1.18 bits per heavy atom. The van der Waals surface area contributed by atoms with Gasteiger partial charge in [-0.1, -0.05) is 6.07 Å². The Balaban J connectivity index is 1.55. The van der Waals surface area contributed by atoms with Gasteiger partial charge in [0.25, 0.3) is 5.91 Å². The predicted octanol–water partition coefficient (Wildman–Crippen LogP) is 4.18. The molecule has 5 rings (SSSR count). The van der Waals surface area contributed by atoms with Gasteiger partial charge in [0.2, 0.25) is 11.8 Å². The molecule has 0 spiro atoms. The number of nitrogens with zero attached hydrogens (tertiary/aromatic N) is 5. The summed E-state index contributed by atoms with van der Waals surface area (Å²) in [7, 11) is 0. The molecule has 1 aromatic carbocycles. The first-order valence-corrected chi connectivity index (χ1v) is 13.2. The summed E-state index contributed by atoms with van der Waals surface area (Å²) in [5.74, 6) is -0.453. The van der Waals surface area contributed by atoms with Gasteiger partial charge in [-0.2, -0.15) is 4.98 Å². The van der Waals surface area contributed by atoms with Crippen molar-refractivity contribution < 1.29 is 23.5 Å². The maximum absolute atomic E-state index is 15.4. The molecule has 1 atom stereocenters. The van der Waals surface area contributed by atoms with Crippen molar-refractivity contribution in [1.82, 2.24) is 19.9 Å². The van der Waals surface area contributed by atoms with Crippen molar-refractivity contribution >= 4 is 29.3 Å². The van der Waals surface area contributed by atoms with Crippen LogP contribution in [0.4, 0.5) is 26.5 Å². The van der Waals surface area contributed by atoms with Crippen molar-refractivity contribution in [3.63, 3.8) is 0 Å². The Bertz CT molecular complexity index is 1420. The second-order valence-electron chi connectivity index (χ2n) is 10.4. The van der Waals surface area contributed by atoms with E-state index in [1.54, 1.807) is 23.1 Å². The third kappa shape index (κ3) is 5.67. The Hall–Kier alpha value is -4.32. The average molecular weight is 550 g/mol. The van der Waals surface area contributed by atoms with Gasteiger partial charge in [0.1, 0.15) is 17.0 Å². The number of benzene rings is 1. The lowest BCUT2D eigenvalue weighted by Gasteiger charge is -2.34. The molecule has 40 heavy (non-hydrogen) atoms. The van der Waals surface area contributed by atoms with Crippen LogP contribution in [0.25, 0.3) is 11.3 Å². The topological polar surface area (TPSA) is 122 Å². The number of nitrogens with one attached hydrogen (secondary N) is 2. The molecular formula is C28H32FN7O4. The molecular weight excluding hydrogens is 517 g/mol. The summed E-state index contributed by atoms with van der Waals surface area (Å²) >= 11 is 0. The zero-order chi connectivity index (χ0) is 28.4. The largest absolute Gasteiger partial charge is 0.469 e. The molecule has 0 saturated carbocycles. The Labute approximate surface area is 231 Å².